The lowest BCUT2D eigenvalue weighted by molar-refractivity contribution is -0.137. The standard InChI is InChI=1S/C12H12F3N/c13-12(14,15)8-2-1-7-3-4-11(6-10(11)16)9(7)5-8/h1-2,5,10H,3-4,6,16H2. The first-order valence-corrected chi connectivity index (χ1v) is 5.40. The van der Waals surface area contributed by atoms with Crippen molar-refractivity contribution in [2.24, 2.45) is 5.73 Å². The highest BCUT2D eigenvalue weighted by atomic mass is 19.4. The van der Waals surface area contributed by atoms with Crippen LogP contribution >= 0.6 is 0 Å². The zero-order valence-corrected chi connectivity index (χ0v) is 8.64. The molecular formula is C12H12F3N. The quantitative estimate of drug-likeness (QED) is 0.724. The van der Waals surface area contributed by atoms with Gasteiger partial charge in [0.05, 0.1) is 5.56 Å². The Morgan fingerprint density at radius 3 is 2.56 bits per heavy atom. The first-order valence-electron chi connectivity index (χ1n) is 5.40. The van der Waals surface area contributed by atoms with Crippen LogP contribution in [-0.4, -0.2) is 6.04 Å². The van der Waals surface area contributed by atoms with E-state index in [0.717, 1.165) is 30.4 Å². The normalized spacial score (nSPS) is 31.9. The van der Waals surface area contributed by atoms with Crippen LogP contribution in [0.25, 0.3) is 0 Å². The van der Waals surface area contributed by atoms with Crippen LogP contribution in [0, 0.1) is 0 Å². The number of hydrogen-bond donors (Lipinski definition) is 1. The van der Waals surface area contributed by atoms with Gasteiger partial charge >= 0.3 is 6.18 Å². The van der Waals surface area contributed by atoms with Gasteiger partial charge in [-0.15, -0.1) is 0 Å². The lowest BCUT2D eigenvalue weighted by atomic mass is 9.95. The van der Waals surface area contributed by atoms with Gasteiger partial charge in [-0.2, -0.15) is 13.2 Å². The van der Waals surface area contributed by atoms with E-state index in [0.29, 0.717) is 0 Å². The minimum absolute atomic E-state index is 0.0530. The van der Waals surface area contributed by atoms with Gasteiger partial charge in [-0.3, -0.25) is 0 Å². The molecule has 0 aromatic heterocycles. The van der Waals surface area contributed by atoms with Crippen LogP contribution in [0.2, 0.25) is 0 Å². The first kappa shape index (κ1) is 10.1. The van der Waals surface area contributed by atoms with Gasteiger partial charge in [-0.1, -0.05) is 6.07 Å². The van der Waals surface area contributed by atoms with Gasteiger partial charge in [0.2, 0.25) is 0 Å². The molecule has 1 nitrogen and oxygen atoms in total. The molecular weight excluding hydrogens is 215 g/mol. The third-order valence-corrected chi connectivity index (χ3v) is 3.95. The Kier molecular flexibility index (Phi) is 1.78. The second-order valence-electron chi connectivity index (χ2n) is 4.84. The van der Waals surface area contributed by atoms with Crippen LogP contribution in [0.4, 0.5) is 13.2 Å². The fraction of sp³-hybridized carbons (Fsp3) is 0.500. The summed E-state index contributed by atoms with van der Waals surface area (Å²) in [5, 5.41) is 0. The Morgan fingerprint density at radius 2 is 2.00 bits per heavy atom. The van der Waals surface area contributed by atoms with E-state index in [1.54, 1.807) is 6.07 Å². The van der Waals surface area contributed by atoms with Gasteiger partial charge in [-0.25, -0.2) is 0 Å². The van der Waals surface area contributed by atoms with Gasteiger partial charge in [0, 0.05) is 11.5 Å². The molecule has 2 aliphatic carbocycles. The van der Waals surface area contributed by atoms with Crippen molar-refractivity contribution in [1.82, 2.24) is 0 Å². The van der Waals surface area contributed by atoms with Gasteiger partial charge in [-0.05, 0) is 42.5 Å². The Balaban J connectivity index is 2.08. The maximum Gasteiger partial charge on any atom is 0.416 e. The molecule has 2 unspecified atom stereocenters. The van der Waals surface area contributed by atoms with Crippen molar-refractivity contribution in [1.29, 1.82) is 0 Å². The average Bonchev–Trinajstić information content (AvgIpc) is 2.69. The molecule has 86 valence electrons. The number of hydrogen-bond acceptors (Lipinski definition) is 1. The van der Waals surface area contributed by atoms with E-state index in [1.807, 2.05) is 0 Å². The third-order valence-electron chi connectivity index (χ3n) is 3.95. The average molecular weight is 227 g/mol. The van der Waals surface area contributed by atoms with Crippen molar-refractivity contribution in [2.45, 2.75) is 36.9 Å². The lowest BCUT2D eigenvalue weighted by Crippen LogP contribution is -2.16. The highest BCUT2D eigenvalue weighted by molar-refractivity contribution is 5.48. The summed E-state index contributed by atoms with van der Waals surface area (Å²) >= 11 is 0. The van der Waals surface area contributed by atoms with Crippen LogP contribution in [0.1, 0.15) is 29.5 Å². The molecule has 4 heteroatoms. The Hall–Kier alpha value is -1.03. The maximum absolute atomic E-state index is 12.6. The van der Waals surface area contributed by atoms with Crippen LogP contribution < -0.4 is 5.73 Å². The summed E-state index contributed by atoms with van der Waals surface area (Å²) in [6.45, 7) is 0. The number of benzene rings is 1. The highest BCUT2D eigenvalue weighted by Gasteiger charge is 2.56. The molecule has 2 atom stereocenters. The summed E-state index contributed by atoms with van der Waals surface area (Å²) < 4.78 is 37.8. The van der Waals surface area contributed by atoms with Gasteiger partial charge in [0.15, 0.2) is 0 Å². The molecule has 0 heterocycles. The van der Waals surface area contributed by atoms with Crippen LogP contribution in [0.15, 0.2) is 18.2 Å². The van der Waals surface area contributed by atoms with Crippen molar-refractivity contribution in [2.75, 3.05) is 0 Å². The monoisotopic (exact) mass is 227 g/mol. The summed E-state index contributed by atoms with van der Waals surface area (Å²) in [5.41, 5.74) is 7.06. The summed E-state index contributed by atoms with van der Waals surface area (Å²) in [6.07, 6.45) is -1.65. The largest absolute Gasteiger partial charge is 0.416 e. The Labute approximate surface area is 91.4 Å². The predicted octanol–water partition coefficient (Wildman–Crippen LogP) is 2.62. The molecule has 0 bridgehead atoms. The molecule has 16 heavy (non-hydrogen) atoms. The van der Waals surface area contributed by atoms with Crippen molar-refractivity contribution < 1.29 is 13.2 Å². The van der Waals surface area contributed by atoms with Crippen LogP contribution in [-0.2, 0) is 18.0 Å². The smallest absolute Gasteiger partial charge is 0.327 e. The molecule has 0 amide bonds. The predicted molar refractivity (Wildman–Crippen MR) is 54.0 cm³/mol. The molecule has 1 saturated carbocycles. The maximum atomic E-state index is 12.6. The number of halogens is 3. The fourth-order valence-electron chi connectivity index (χ4n) is 2.86. The van der Waals surface area contributed by atoms with Gasteiger partial charge in [0.1, 0.15) is 0 Å². The fourth-order valence-corrected chi connectivity index (χ4v) is 2.86. The van der Waals surface area contributed by atoms with Crippen molar-refractivity contribution in [3.63, 3.8) is 0 Å². The molecule has 3 rings (SSSR count). The van der Waals surface area contributed by atoms with Crippen molar-refractivity contribution in [3.05, 3.63) is 34.9 Å². The molecule has 2 aliphatic rings. The molecule has 0 radical (unpaired) electrons. The highest BCUT2D eigenvalue weighted by Crippen LogP contribution is 2.56. The summed E-state index contributed by atoms with van der Waals surface area (Å²) in [5.74, 6) is 0. The van der Waals surface area contributed by atoms with Crippen molar-refractivity contribution >= 4 is 0 Å². The third kappa shape index (κ3) is 1.22. The summed E-state index contributed by atoms with van der Waals surface area (Å²) in [4.78, 5) is 0. The molecule has 1 spiro atoms. The van der Waals surface area contributed by atoms with E-state index in [-0.39, 0.29) is 11.5 Å². The molecule has 2 N–H and O–H groups in total. The molecule has 0 saturated heterocycles. The zero-order valence-electron chi connectivity index (χ0n) is 8.64. The minimum atomic E-state index is -4.25. The van der Waals surface area contributed by atoms with E-state index in [9.17, 15) is 13.2 Å². The van der Waals surface area contributed by atoms with Gasteiger partial charge < -0.3 is 5.73 Å². The Morgan fingerprint density at radius 1 is 1.31 bits per heavy atom. The number of fused-ring (bicyclic) bond motifs is 2. The second kappa shape index (κ2) is 2.80. The van der Waals surface area contributed by atoms with Crippen molar-refractivity contribution in [3.8, 4) is 0 Å². The van der Waals surface area contributed by atoms with E-state index in [2.05, 4.69) is 0 Å². The number of nitrogens with two attached hydrogens (primary N) is 1. The van der Waals surface area contributed by atoms with E-state index < -0.39 is 11.7 Å². The molecule has 0 aliphatic heterocycles. The topological polar surface area (TPSA) is 26.0 Å². The number of alkyl halides is 3. The van der Waals surface area contributed by atoms with Crippen LogP contribution in [0.3, 0.4) is 0 Å². The Bertz CT molecular complexity index is 452. The summed E-state index contributed by atoms with van der Waals surface area (Å²) in [7, 11) is 0. The van der Waals surface area contributed by atoms with Gasteiger partial charge in [0.25, 0.3) is 0 Å². The number of rotatable bonds is 0. The number of aryl methyl sites for hydroxylation is 1. The molecule has 1 aromatic carbocycles. The van der Waals surface area contributed by atoms with Crippen LogP contribution in [0.5, 0.6) is 0 Å². The second-order valence-corrected chi connectivity index (χ2v) is 4.84. The lowest BCUT2D eigenvalue weighted by Gasteiger charge is -2.13. The minimum Gasteiger partial charge on any atom is -0.327 e. The van der Waals surface area contributed by atoms with E-state index in [1.165, 1.54) is 12.1 Å². The van der Waals surface area contributed by atoms with E-state index in [4.69, 9.17) is 5.73 Å². The zero-order chi connectivity index (χ0) is 11.6. The SMILES string of the molecule is NC1CC12CCc1ccc(C(F)(F)F)cc12. The molecule has 1 fully saturated rings. The molecule has 1 aromatic rings. The summed E-state index contributed by atoms with van der Waals surface area (Å²) in [6, 6.07) is 4.14. The van der Waals surface area contributed by atoms with E-state index >= 15 is 0 Å². The first-order chi connectivity index (χ1) is 7.43.